The summed E-state index contributed by atoms with van der Waals surface area (Å²) in [5.41, 5.74) is 6.78. The molecule has 74 valence electrons. The number of aryl methyl sites for hydroxylation is 1. The van der Waals surface area contributed by atoms with Crippen LogP contribution in [0.4, 0.5) is 0 Å². The van der Waals surface area contributed by atoms with Gasteiger partial charge in [0.2, 0.25) is 0 Å². The van der Waals surface area contributed by atoms with Crippen molar-refractivity contribution in [3.63, 3.8) is 0 Å². The van der Waals surface area contributed by atoms with Gasteiger partial charge in [-0.15, -0.1) is 10.2 Å². The van der Waals surface area contributed by atoms with Crippen LogP contribution in [0.1, 0.15) is 17.6 Å². The Balaban J connectivity index is 2.61. The first-order valence-electron chi connectivity index (χ1n) is 4.29. The minimum Gasteiger partial charge on any atom is -0.384 e. The van der Waals surface area contributed by atoms with Crippen molar-refractivity contribution in [2.75, 3.05) is 6.54 Å². The van der Waals surface area contributed by atoms with Crippen LogP contribution < -0.4 is 5.73 Å². The van der Waals surface area contributed by atoms with Gasteiger partial charge in [0.25, 0.3) is 0 Å². The lowest BCUT2D eigenvalue weighted by atomic mass is 10.3. The summed E-state index contributed by atoms with van der Waals surface area (Å²) in [6, 6.07) is 3.63. The summed E-state index contributed by atoms with van der Waals surface area (Å²) >= 11 is 0. The molecule has 0 aliphatic heterocycles. The molecule has 0 amide bonds. The van der Waals surface area contributed by atoms with Gasteiger partial charge in [0.15, 0.2) is 11.5 Å². The van der Waals surface area contributed by atoms with Gasteiger partial charge in [-0.2, -0.15) is 9.61 Å². The van der Waals surface area contributed by atoms with Gasteiger partial charge in [0.1, 0.15) is 6.10 Å². The van der Waals surface area contributed by atoms with Crippen LogP contribution in [-0.4, -0.2) is 31.5 Å². The van der Waals surface area contributed by atoms with Crippen molar-refractivity contribution in [3.05, 3.63) is 23.7 Å². The highest BCUT2D eigenvalue weighted by atomic mass is 16.3. The lowest BCUT2D eigenvalue weighted by Gasteiger charge is -2.04. The second kappa shape index (κ2) is 3.32. The molecular weight excluding hydrogens is 182 g/mol. The zero-order valence-corrected chi connectivity index (χ0v) is 7.75. The third-order valence-corrected chi connectivity index (χ3v) is 1.94. The quantitative estimate of drug-likeness (QED) is 0.666. The summed E-state index contributed by atoms with van der Waals surface area (Å²) in [6.07, 6.45) is -0.820. The van der Waals surface area contributed by atoms with Crippen molar-refractivity contribution in [1.29, 1.82) is 0 Å². The highest BCUT2D eigenvalue weighted by molar-refractivity contribution is 5.36. The third kappa shape index (κ3) is 1.34. The highest BCUT2D eigenvalue weighted by Gasteiger charge is 2.14. The number of hydrogen-bond acceptors (Lipinski definition) is 5. The molecular formula is C8H11N5O. The van der Waals surface area contributed by atoms with Crippen molar-refractivity contribution >= 4 is 5.65 Å². The fraction of sp³-hybridized carbons (Fsp3) is 0.375. The minimum absolute atomic E-state index is 0.108. The lowest BCUT2D eigenvalue weighted by Crippen LogP contribution is -2.15. The maximum atomic E-state index is 9.52. The fourth-order valence-electron chi connectivity index (χ4n) is 1.21. The van der Waals surface area contributed by atoms with E-state index in [0.717, 1.165) is 5.69 Å². The fourth-order valence-corrected chi connectivity index (χ4v) is 1.21. The molecule has 3 N–H and O–H groups in total. The predicted molar refractivity (Wildman–Crippen MR) is 49.5 cm³/mol. The molecule has 2 rings (SSSR count). The molecule has 0 aliphatic carbocycles. The van der Waals surface area contributed by atoms with Crippen molar-refractivity contribution in [3.8, 4) is 0 Å². The Kier molecular flexibility index (Phi) is 2.14. The molecule has 0 radical (unpaired) electrons. The van der Waals surface area contributed by atoms with Crippen molar-refractivity contribution in [2.24, 2.45) is 5.73 Å². The maximum absolute atomic E-state index is 9.52. The molecule has 6 nitrogen and oxygen atoms in total. The Hall–Kier alpha value is -1.53. The van der Waals surface area contributed by atoms with Crippen LogP contribution >= 0.6 is 0 Å². The summed E-state index contributed by atoms with van der Waals surface area (Å²) in [4.78, 5) is 0. The van der Waals surface area contributed by atoms with Gasteiger partial charge >= 0.3 is 0 Å². The minimum atomic E-state index is -0.820. The zero-order chi connectivity index (χ0) is 10.1. The average molecular weight is 193 g/mol. The summed E-state index contributed by atoms with van der Waals surface area (Å²) in [6.45, 7) is 1.97. The van der Waals surface area contributed by atoms with E-state index in [1.807, 2.05) is 13.0 Å². The van der Waals surface area contributed by atoms with E-state index in [1.165, 1.54) is 4.52 Å². The van der Waals surface area contributed by atoms with E-state index in [0.29, 0.717) is 11.5 Å². The second-order valence-electron chi connectivity index (χ2n) is 3.05. The molecule has 0 aliphatic rings. The SMILES string of the molecule is Cc1ccc2nnc(C(O)CN)n2n1. The first-order valence-corrected chi connectivity index (χ1v) is 4.29. The largest absolute Gasteiger partial charge is 0.384 e. The van der Waals surface area contributed by atoms with Gasteiger partial charge in [0, 0.05) is 6.54 Å². The van der Waals surface area contributed by atoms with E-state index in [9.17, 15) is 5.11 Å². The zero-order valence-electron chi connectivity index (χ0n) is 7.75. The molecule has 1 unspecified atom stereocenters. The number of aromatic nitrogens is 4. The highest BCUT2D eigenvalue weighted by Crippen LogP contribution is 2.09. The molecule has 1 atom stereocenters. The molecule has 2 aromatic heterocycles. The number of aliphatic hydroxyl groups excluding tert-OH is 1. The van der Waals surface area contributed by atoms with Crippen molar-refractivity contribution in [2.45, 2.75) is 13.0 Å². The van der Waals surface area contributed by atoms with Crippen LogP contribution in [0.3, 0.4) is 0 Å². The molecule has 2 heterocycles. The van der Waals surface area contributed by atoms with E-state index in [2.05, 4.69) is 15.3 Å². The molecule has 2 aromatic rings. The van der Waals surface area contributed by atoms with Gasteiger partial charge < -0.3 is 10.8 Å². The predicted octanol–water partition coefficient (Wildman–Crippen LogP) is -0.575. The number of rotatable bonds is 2. The van der Waals surface area contributed by atoms with Crippen LogP contribution in [0.15, 0.2) is 12.1 Å². The van der Waals surface area contributed by atoms with E-state index >= 15 is 0 Å². The Morgan fingerprint density at radius 1 is 1.50 bits per heavy atom. The monoisotopic (exact) mass is 193 g/mol. The smallest absolute Gasteiger partial charge is 0.184 e. The Morgan fingerprint density at radius 3 is 3.00 bits per heavy atom. The molecule has 0 bridgehead atoms. The Labute approximate surface area is 80.4 Å². The van der Waals surface area contributed by atoms with E-state index < -0.39 is 6.10 Å². The van der Waals surface area contributed by atoms with E-state index in [-0.39, 0.29) is 6.54 Å². The van der Waals surface area contributed by atoms with Crippen LogP contribution in [-0.2, 0) is 0 Å². The topological polar surface area (TPSA) is 89.3 Å². The van der Waals surface area contributed by atoms with E-state index in [1.54, 1.807) is 6.07 Å². The number of nitrogens with zero attached hydrogens (tertiary/aromatic N) is 4. The number of nitrogens with two attached hydrogens (primary N) is 1. The average Bonchev–Trinajstić information content (AvgIpc) is 2.59. The summed E-state index contributed by atoms with van der Waals surface area (Å²) < 4.78 is 1.51. The third-order valence-electron chi connectivity index (χ3n) is 1.94. The number of aliphatic hydroxyl groups is 1. The summed E-state index contributed by atoms with van der Waals surface area (Å²) in [5, 5.41) is 21.4. The summed E-state index contributed by atoms with van der Waals surface area (Å²) in [7, 11) is 0. The Morgan fingerprint density at radius 2 is 2.29 bits per heavy atom. The number of hydrogen-bond donors (Lipinski definition) is 2. The Bertz CT molecular complexity index is 452. The first-order chi connectivity index (χ1) is 6.72. The van der Waals surface area contributed by atoms with Crippen LogP contribution in [0, 0.1) is 6.92 Å². The van der Waals surface area contributed by atoms with Gasteiger partial charge in [0.05, 0.1) is 5.69 Å². The molecule has 0 fully saturated rings. The van der Waals surface area contributed by atoms with Crippen LogP contribution in [0.5, 0.6) is 0 Å². The molecule has 14 heavy (non-hydrogen) atoms. The molecule has 0 saturated carbocycles. The van der Waals surface area contributed by atoms with Crippen molar-refractivity contribution in [1.82, 2.24) is 19.8 Å². The summed E-state index contributed by atoms with van der Waals surface area (Å²) in [5.74, 6) is 0.381. The molecule has 0 aromatic carbocycles. The first kappa shape index (κ1) is 9.04. The lowest BCUT2D eigenvalue weighted by molar-refractivity contribution is 0.174. The standard InChI is InChI=1S/C8H11N5O/c1-5-2-3-7-10-11-8(6(14)4-9)13(7)12-5/h2-3,6,14H,4,9H2,1H3. The molecule has 0 saturated heterocycles. The van der Waals surface area contributed by atoms with Gasteiger partial charge in [-0.3, -0.25) is 0 Å². The van der Waals surface area contributed by atoms with E-state index in [4.69, 9.17) is 5.73 Å². The second-order valence-corrected chi connectivity index (χ2v) is 3.05. The molecule has 6 heteroatoms. The van der Waals surface area contributed by atoms with Gasteiger partial charge in [-0.05, 0) is 19.1 Å². The normalized spacial score (nSPS) is 13.4. The van der Waals surface area contributed by atoms with Crippen LogP contribution in [0.2, 0.25) is 0 Å². The van der Waals surface area contributed by atoms with Crippen LogP contribution in [0.25, 0.3) is 5.65 Å². The van der Waals surface area contributed by atoms with Gasteiger partial charge in [-0.25, -0.2) is 0 Å². The maximum Gasteiger partial charge on any atom is 0.184 e. The number of fused-ring (bicyclic) bond motifs is 1. The molecule has 0 spiro atoms. The van der Waals surface area contributed by atoms with Crippen molar-refractivity contribution < 1.29 is 5.11 Å². The van der Waals surface area contributed by atoms with Gasteiger partial charge in [-0.1, -0.05) is 0 Å².